The third-order valence-electron chi connectivity index (χ3n) is 3.88. The molecule has 0 fully saturated rings. The Balaban J connectivity index is 1.64. The van der Waals surface area contributed by atoms with Crippen LogP contribution in [-0.2, 0) is 4.79 Å². The van der Waals surface area contributed by atoms with Crippen LogP contribution in [0.5, 0.6) is 17.2 Å². The van der Waals surface area contributed by atoms with Crippen LogP contribution in [-0.4, -0.2) is 24.5 Å². The SMILES string of the molecule is Cc1ccccc1C(CCOc1ccc2c(c1)OCO2)C(=O)O. The van der Waals surface area contributed by atoms with E-state index in [9.17, 15) is 9.90 Å². The number of aryl methyl sites for hydroxylation is 1. The first-order valence-electron chi connectivity index (χ1n) is 7.46. The third kappa shape index (κ3) is 3.39. The number of carbonyl (C=O) groups is 1. The van der Waals surface area contributed by atoms with Crippen molar-refractivity contribution in [1.29, 1.82) is 0 Å². The highest BCUT2D eigenvalue weighted by molar-refractivity contribution is 5.76. The molecular weight excluding hydrogens is 296 g/mol. The highest BCUT2D eigenvalue weighted by atomic mass is 16.7. The molecule has 23 heavy (non-hydrogen) atoms. The molecule has 0 aliphatic carbocycles. The fourth-order valence-electron chi connectivity index (χ4n) is 2.65. The number of carboxylic acid groups (broad SMARTS) is 1. The summed E-state index contributed by atoms with van der Waals surface area (Å²) in [4.78, 5) is 11.6. The number of rotatable bonds is 6. The van der Waals surface area contributed by atoms with Crippen molar-refractivity contribution >= 4 is 5.97 Å². The zero-order valence-corrected chi connectivity index (χ0v) is 12.8. The van der Waals surface area contributed by atoms with Crippen molar-refractivity contribution in [2.45, 2.75) is 19.3 Å². The van der Waals surface area contributed by atoms with Crippen LogP contribution in [0.2, 0.25) is 0 Å². The lowest BCUT2D eigenvalue weighted by molar-refractivity contribution is -0.139. The fraction of sp³-hybridized carbons (Fsp3) is 0.278. The van der Waals surface area contributed by atoms with E-state index in [2.05, 4.69) is 0 Å². The average molecular weight is 314 g/mol. The number of hydrogen-bond donors (Lipinski definition) is 1. The van der Waals surface area contributed by atoms with Gasteiger partial charge >= 0.3 is 5.97 Å². The van der Waals surface area contributed by atoms with Gasteiger partial charge in [-0.25, -0.2) is 0 Å². The summed E-state index contributed by atoms with van der Waals surface area (Å²) in [6, 6.07) is 12.9. The molecule has 0 saturated carbocycles. The minimum Gasteiger partial charge on any atom is -0.493 e. The summed E-state index contributed by atoms with van der Waals surface area (Å²) < 4.78 is 16.2. The first-order valence-corrected chi connectivity index (χ1v) is 7.46. The molecule has 1 atom stereocenters. The number of ether oxygens (including phenoxy) is 3. The van der Waals surface area contributed by atoms with Crippen LogP contribution in [0.25, 0.3) is 0 Å². The molecule has 0 amide bonds. The maximum absolute atomic E-state index is 11.6. The summed E-state index contributed by atoms with van der Waals surface area (Å²) in [6.07, 6.45) is 0.397. The van der Waals surface area contributed by atoms with Gasteiger partial charge < -0.3 is 19.3 Å². The molecule has 1 aliphatic heterocycles. The number of benzene rings is 2. The lowest BCUT2D eigenvalue weighted by atomic mass is 9.92. The monoisotopic (exact) mass is 314 g/mol. The summed E-state index contributed by atoms with van der Waals surface area (Å²) in [7, 11) is 0. The van der Waals surface area contributed by atoms with Gasteiger partial charge in [-0.15, -0.1) is 0 Å². The second-order valence-electron chi connectivity index (χ2n) is 5.40. The van der Waals surface area contributed by atoms with Gasteiger partial charge in [0.25, 0.3) is 0 Å². The van der Waals surface area contributed by atoms with Crippen molar-refractivity contribution in [3.63, 3.8) is 0 Å². The second-order valence-corrected chi connectivity index (χ2v) is 5.40. The molecule has 5 nitrogen and oxygen atoms in total. The summed E-state index contributed by atoms with van der Waals surface area (Å²) in [6.45, 7) is 2.45. The molecule has 2 aromatic rings. The van der Waals surface area contributed by atoms with Crippen molar-refractivity contribution in [1.82, 2.24) is 0 Å². The van der Waals surface area contributed by atoms with Crippen molar-refractivity contribution < 1.29 is 24.1 Å². The first kappa shape index (κ1) is 15.2. The zero-order chi connectivity index (χ0) is 16.2. The van der Waals surface area contributed by atoms with E-state index in [0.29, 0.717) is 30.3 Å². The number of hydrogen-bond acceptors (Lipinski definition) is 4. The molecule has 0 spiro atoms. The van der Waals surface area contributed by atoms with Crippen LogP contribution in [0.1, 0.15) is 23.5 Å². The molecular formula is C18H18O5. The molecule has 0 aromatic heterocycles. The molecule has 0 bridgehead atoms. The molecule has 1 heterocycles. The van der Waals surface area contributed by atoms with Gasteiger partial charge in [-0.3, -0.25) is 4.79 Å². The molecule has 1 N–H and O–H groups in total. The van der Waals surface area contributed by atoms with Gasteiger partial charge in [0, 0.05) is 6.07 Å². The predicted octanol–water partition coefficient (Wildman–Crippen LogP) is 3.36. The molecule has 1 unspecified atom stereocenters. The van der Waals surface area contributed by atoms with Crippen LogP contribution < -0.4 is 14.2 Å². The van der Waals surface area contributed by atoms with Crippen molar-refractivity contribution in [3.05, 3.63) is 53.6 Å². The van der Waals surface area contributed by atoms with Crippen molar-refractivity contribution in [3.8, 4) is 17.2 Å². The summed E-state index contributed by atoms with van der Waals surface area (Å²) in [5.41, 5.74) is 1.80. The maximum atomic E-state index is 11.6. The van der Waals surface area contributed by atoms with Crippen molar-refractivity contribution in [2.75, 3.05) is 13.4 Å². The minimum absolute atomic E-state index is 0.215. The van der Waals surface area contributed by atoms with Crippen LogP contribution in [0.15, 0.2) is 42.5 Å². The summed E-state index contributed by atoms with van der Waals surface area (Å²) in [5, 5.41) is 9.48. The summed E-state index contributed by atoms with van der Waals surface area (Å²) in [5.74, 6) is 0.568. The van der Waals surface area contributed by atoms with Crippen LogP contribution in [0.4, 0.5) is 0 Å². The Morgan fingerprint density at radius 3 is 2.78 bits per heavy atom. The van der Waals surface area contributed by atoms with E-state index in [1.54, 1.807) is 18.2 Å². The van der Waals surface area contributed by atoms with E-state index < -0.39 is 11.9 Å². The zero-order valence-electron chi connectivity index (χ0n) is 12.8. The highest BCUT2D eigenvalue weighted by Gasteiger charge is 2.21. The Kier molecular flexibility index (Phi) is 4.37. The molecule has 0 radical (unpaired) electrons. The number of carboxylic acids is 1. The lowest BCUT2D eigenvalue weighted by Crippen LogP contribution is -2.16. The lowest BCUT2D eigenvalue weighted by Gasteiger charge is -2.15. The van der Waals surface area contributed by atoms with Gasteiger partial charge in [0.2, 0.25) is 6.79 Å². The van der Waals surface area contributed by atoms with Gasteiger partial charge in [-0.05, 0) is 36.6 Å². The highest BCUT2D eigenvalue weighted by Crippen LogP contribution is 2.35. The second kappa shape index (κ2) is 6.60. The maximum Gasteiger partial charge on any atom is 0.311 e. The Morgan fingerprint density at radius 1 is 1.22 bits per heavy atom. The Labute approximate surface area is 134 Å². The van der Waals surface area contributed by atoms with Gasteiger partial charge in [0.05, 0.1) is 12.5 Å². The quantitative estimate of drug-likeness (QED) is 0.885. The molecule has 3 rings (SSSR count). The normalized spacial score (nSPS) is 13.6. The topological polar surface area (TPSA) is 65.0 Å². The fourth-order valence-corrected chi connectivity index (χ4v) is 2.65. The van der Waals surface area contributed by atoms with E-state index in [1.807, 2.05) is 31.2 Å². The molecule has 2 aromatic carbocycles. The van der Waals surface area contributed by atoms with Crippen LogP contribution >= 0.6 is 0 Å². The first-order chi connectivity index (χ1) is 11.1. The smallest absolute Gasteiger partial charge is 0.311 e. The third-order valence-corrected chi connectivity index (χ3v) is 3.88. The predicted molar refractivity (Wildman–Crippen MR) is 84.2 cm³/mol. The Bertz CT molecular complexity index is 710. The van der Waals surface area contributed by atoms with E-state index >= 15 is 0 Å². The van der Waals surface area contributed by atoms with Crippen LogP contribution in [0, 0.1) is 6.92 Å². The van der Waals surface area contributed by atoms with E-state index in [0.717, 1.165) is 11.1 Å². The summed E-state index contributed by atoms with van der Waals surface area (Å²) >= 11 is 0. The average Bonchev–Trinajstić information content (AvgIpc) is 3.00. The van der Waals surface area contributed by atoms with Gasteiger partial charge in [-0.2, -0.15) is 0 Å². The van der Waals surface area contributed by atoms with E-state index in [-0.39, 0.29) is 6.79 Å². The molecule has 120 valence electrons. The Morgan fingerprint density at radius 2 is 2.00 bits per heavy atom. The van der Waals surface area contributed by atoms with Crippen molar-refractivity contribution in [2.24, 2.45) is 0 Å². The number of aliphatic carboxylic acids is 1. The molecule has 1 aliphatic rings. The Hall–Kier alpha value is -2.69. The molecule has 5 heteroatoms. The van der Waals surface area contributed by atoms with Gasteiger partial charge in [0.1, 0.15) is 5.75 Å². The minimum atomic E-state index is -0.839. The van der Waals surface area contributed by atoms with Crippen LogP contribution in [0.3, 0.4) is 0 Å². The van der Waals surface area contributed by atoms with Gasteiger partial charge in [0.15, 0.2) is 11.5 Å². The standard InChI is InChI=1S/C18H18O5/c1-12-4-2-3-5-14(12)15(18(19)20)8-9-21-13-6-7-16-17(10-13)23-11-22-16/h2-7,10,15H,8-9,11H2,1H3,(H,19,20). The molecule has 0 saturated heterocycles. The number of fused-ring (bicyclic) bond motifs is 1. The van der Waals surface area contributed by atoms with E-state index in [4.69, 9.17) is 14.2 Å². The van der Waals surface area contributed by atoms with Gasteiger partial charge in [-0.1, -0.05) is 24.3 Å². The van der Waals surface area contributed by atoms with E-state index in [1.165, 1.54) is 0 Å². The largest absolute Gasteiger partial charge is 0.493 e.